The first-order valence-electron chi connectivity index (χ1n) is 8.63. The van der Waals surface area contributed by atoms with E-state index in [0.717, 1.165) is 16.9 Å². The number of anilines is 1. The maximum Gasteiger partial charge on any atom is 0.227 e. The van der Waals surface area contributed by atoms with E-state index < -0.39 is 0 Å². The molecule has 0 bridgehead atoms. The molecular weight excluding hydrogens is 314 g/mol. The summed E-state index contributed by atoms with van der Waals surface area (Å²) in [6, 6.07) is 13.5. The number of rotatable bonds is 5. The predicted molar refractivity (Wildman–Crippen MR) is 97.1 cm³/mol. The number of hydrogen-bond acceptors (Lipinski definition) is 3. The summed E-state index contributed by atoms with van der Waals surface area (Å²) in [4.78, 5) is 30.9. The molecule has 1 fully saturated rings. The summed E-state index contributed by atoms with van der Waals surface area (Å²) in [6.07, 6.45) is 1.95. The monoisotopic (exact) mass is 337 g/mol. The van der Waals surface area contributed by atoms with Gasteiger partial charge in [-0.1, -0.05) is 38.1 Å². The molecule has 0 spiro atoms. The molecule has 3 rings (SSSR count). The molecule has 1 unspecified atom stereocenters. The van der Waals surface area contributed by atoms with Crippen molar-refractivity contribution in [2.45, 2.75) is 32.7 Å². The number of pyridine rings is 1. The fourth-order valence-electron chi connectivity index (χ4n) is 3.16. The number of para-hydroxylation sites is 1. The molecule has 1 aromatic carbocycles. The lowest BCUT2D eigenvalue weighted by Crippen LogP contribution is -2.33. The van der Waals surface area contributed by atoms with Gasteiger partial charge in [0.25, 0.3) is 0 Å². The SMILES string of the molecule is CC(C)c1ccccc1N1CC(C(=O)NCc2ccccn2)CC1=O. The first-order chi connectivity index (χ1) is 12.1. The van der Waals surface area contributed by atoms with E-state index >= 15 is 0 Å². The summed E-state index contributed by atoms with van der Waals surface area (Å²) in [7, 11) is 0. The molecule has 1 atom stereocenters. The third-order valence-corrected chi connectivity index (χ3v) is 4.52. The summed E-state index contributed by atoms with van der Waals surface area (Å²) in [5.41, 5.74) is 2.86. The second-order valence-electron chi connectivity index (χ2n) is 6.66. The minimum absolute atomic E-state index is 0.00564. The van der Waals surface area contributed by atoms with Gasteiger partial charge in [0.05, 0.1) is 18.2 Å². The zero-order chi connectivity index (χ0) is 17.8. The zero-order valence-electron chi connectivity index (χ0n) is 14.6. The van der Waals surface area contributed by atoms with Gasteiger partial charge < -0.3 is 10.2 Å². The van der Waals surface area contributed by atoms with Crippen LogP contribution < -0.4 is 10.2 Å². The van der Waals surface area contributed by atoms with E-state index in [1.165, 1.54) is 0 Å². The number of nitrogens with one attached hydrogen (secondary N) is 1. The molecule has 1 saturated heterocycles. The molecule has 130 valence electrons. The number of hydrogen-bond donors (Lipinski definition) is 1. The van der Waals surface area contributed by atoms with Crippen LogP contribution in [0.3, 0.4) is 0 Å². The average molecular weight is 337 g/mol. The predicted octanol–water partition coefficient (Wildman–Crippen LogP) is 2.87. The van der Waals surface area contributed by atoms with Crippen LogP contribution in [0.2, 0.25) is 0 Å². The highest BCUT2D eigenvalue weighted by Gasteiger charge is 2.35. The molecule has 0 aliphatic carbocycles. The Kier molecular flexibility index (Phi) is 5.12. The van der Waals surface area contributed by atoms with Crippen LogP contribution in [0.25, 0.3) is 0 Å². The van der Waals surface area contributed by atoms with Crippen molar-refractivity contribution in [2.24, 2.45) is 5.92 Å². The second-order valence-corrected chi connectivity index (χ2v) is 6.66. The third kappa shape index (κ3) is 3.87. The van der Waals surface area contributed by atoms with Crippen molar-refractivity contribution in [2.75, 3.05) is 11.4 Å². The van der Waals surface area contributed by atoms with Crippen LogP contribution in [-0.4, -0.2) is 23.3 Å². The molecule has 2 amide bonds. The number of amides is 2. The van der Waals surface area contributed by atoms with Gasteiger partial charge >= 0.3 is 0 Å². The van der Waals surface area contributed by atoms with E-state index in [2.05, 4.69) is 24.1 Å². The summed E-state index contributed by atoms with van der Waals surface area (Å²) in [5.74, 6) is -0.0907. The van der Waals surface area contributed by atoms with Crippen molar-refractivity contribution in [3.8, 4) is 0 Å². The molecule has 5 heteroatoms. The fraction of sp³-hybridized carbons (Fsp3) is 0.350. The van der Waals surface area contributed by atoms with E-state index in [1.807, 2.05) is 42.5 Å². The van der Waals surface area contributed by atoms with Gasteiger partial charge in [0.1, 0.15) is 0 Å². The summed E-state index contributed by atoms with van der Waals surface area (Å²) < 4.78 is 0. The highest BCUT2D eigenvalue weighted by Crippen LogP contribution is 2.32. The standard InChI is InChI=1S/C20H23N3O2/c1-14(2)17-8-3-4-9-18(17)23-13-15(11-19(23)24)20(25)22-12-16-7-5-6-10-21-16/h3-10,14-15H,11-13H2,1-2H3,(H,22,25). The van der Waals surface area contributed by atoms with Crippen molar-refractivity contribution in [1.29, 1.82) is 0 Å². The van der Waals surface area contributed by atoms with Gasteiger partial charge in [-0.2, -0.15) is 0 Å². The van der Waals surface area contributed by atoms with Crippen LogP contribution in [0.15, 0.2) is 48.7 Å². The first-order valence-corrected chi connectivity index (χ1v) is 8.63. The lowest BCUT2D eigenvalue weighted by atomic mass is 10.0. The normalized spacial score (nSPS) is 17.2. The Bertz CT molecular complexity index is 759. The maximum atomic E-state index is 12.5. The fourth-order valence-corrected chi connectivity index (χ4v) is 3.16. The zero-order valence-corrected chi connectivity index (χ0v) is 14.6. The van der Waals surface area contributed by atoms with Gasteiger partial charge in [-0.15, -0.1) is 0 Å². The van der Waals surface area contributed by atoms with Crippen LogP contribution in [0.5, 0.6) is 0 Å². The van der Waals surface area contributed by atoms with Crippen LogP contribution in [0.4, 0.5) is 5.69 Å². The topological polar surface area (TPSA) is 62.3 Å². The minimum Gasteiger partial charge on any atom is -0.350 e. The highest BCUT2D eigenvalue weighted by molar-refractivity contribution is 6.00. The number of aromatic nitrogens is 1. The molecule has 1 N–H and O–H groups in total. The maximum absolute atomic E-state index is 12.5. The van der Waals surface area contributed by atoms with Crippen LogP contribution in [0, 0.1) is 5.92 Å². The molecule has 2 aromatic rings. The van der Waals surface area contributed by atoms with Crippen molar-refractivity contribution in [3.05, 3.63) is 59.9 Å². The molecule has 25 heavy (non-hydrogen) atoms. The van der Waals surface area contributed by atoms with Gasteiger partial charge in [0.2, 0.25) is 11.8 Å². The average Bonchev–Trinajstić information content (AvgIpc) is 3.02. The van der Waals surface area contributed by atoms with Crippen molar-refractivity contribution in [3.63, 3.8) is 0 Å². The Hall–Kier alpha value is -2.69. The smallest absolute Gasteiger partial charge is 0.227 e. The molecule has 0 radical (unpaired) electrons. The van der Waals surface area contributed by atoms with Crippen molar-refractivity contribution >= 4 is 17.5 Å². The number of benzene rings is 1. The highest BCUT2D eigenvalue weighted by atomic mass is 16.2. The first kappa shape index (κ1) is 17.1. The van der Waals surface area contributed by atoms with Gasteiger partial charge in [-0.25, -0.2) is 0 Å². The van der Waals surface area contributed by atoms with E-state index in [-0.39, 0.29) is 24.2 Å². The number of carbonyl (C=O) groups is 2. The molecule has 0 saturated carbocycles. The van der Waals surface area contributed by atoms with Crippen LogP contribution in [0.1, 0.15) is 37.4 Å². The quantitative estimate of drug-likeness (QED) is 0.912. The third-order valence-electron chi connectivity index (χ3n) is 4.52. The molecule has 1 aliphatic heterocycles. The molecule has 1 aromatic heterocycles. The summed E-state index contributed by atoms with van der Waals surface area (Å²) in [5, 5.41) is 2.89. The Balaban J connectivity index is 1.67. The van der Waals surface area contributed by atoms with Crippen LogP contribution >= 0.6 is 0 Å². The molecule has 2 heterocycles. The minimum atomic E-state index is -0.323. The largest absolute Gasteiger partial charge is 0.350 e. The van der Waals surface area contributed by atoms with Crippen molar-refractivity contribution < 1.29 is 9.59 Å². The Morgan fingerprint density at radius 2 is 2.00 bits per heavy atom. The van der Waals surface area contributed by atoms with E-state index in [4.69, 9.17) is 0 Å². The summed E-state index contributed by atoms with van der Waals surface area (Å²) in [6.45, 7) is 5.02. The van der Waals surface area contributed by atoms with Crippen LogP contribution in [-0.2, 0) is 16.1 Å². The Morgan fingerprint density at radius 3 is 2.72 bits per heavy atom. The lowest BCUT2D eigenvalue weighted by molar-refractivity contribution is -0.126. The molecule has 1 aliphatic rings. The van der Waals surface area contributed by atoms with Gasteiger partial charge in [-0.05, 0) is 29.7 Å². The van der Waals surface area contributed by atoms with Gasteiger partial charge in [0, 0.05) is 24.8 Å². The number of nitrogens with zero attached hydrogens (tertiary/aromatic N) is 2. The van der Waals surface area contributed by atoms with Gasteiger partial charge in [-0.3, -0.25) is 14.6 Å². The van der Waals surface area contributed by atoms with E-state index in [0.29, 0.717) is 19.0 Å². The Labute approximate surface area is 148 Å². The van der Waals surface area contributed by atoms with Gasteiger partial charge in [0.15, 0.2) is 0 Å². The number of carbonyl (C=O) groups excluding carboxylic acids is 2. The second kappa shape index (κ2) is 7.47. The van der Waals surface area contributed by atoms with Crippen molar-refractivity contribution in [1.82, 2.24) is 10.3 Å². The van der Waals surface area contributed by atoms with E-state index in [9.17, 15) is 9.59 Å². The van der Waals surface area contributed by atoms with E-state index in [1.54, 1.807) is 11.1 Å². The molecular formula is C20H23N3O2. The molecule has 5 nitrogen and oxygen atoms in total. The Morgan fingerprint density at radius 1 is 1.24 bits per heavy atom. The lowest BCUT2D eigenvalue weighted by Gasteiger charge is -2.22. The summed E-state index contributed by atoms with van der Waals surface area (Å²) >= 11 is 0.